The van der Waals surface area contributed by atoms with Gasteiger partial charge in [0, 0.05) is 17.9 Å². The summed E-state index contributed by atoms with van der Waals surface area (Å²) in [6.45, 7) is 10.9. The van der Waals surface area contributed by atoms with E-state index in [1.807, 2.05) is 12.3 Å². The lowest BCUT2D eigenvalue weighted by Gasteiger charge is -2.47. The molecule has 1 atom stereocenters. The number of hydrazine groups is 1. The van der Waals surface area contributed by atoms with Gasteiger partial charge in [0.2, 0.25) is 0 Å². The highest BCUT2D eigenvalue weighted by molar-refractivity contribution is 5.20. The number of hydrogen-bond donors (Lipinski definition) is 2. The summed E-state index contributed by atoms with van der Waals surface area (Å²) in [5, 5.41) is 0. The SMILES string of the molecule is CCN(CC)C(CC)(CC)C(NN)c1cccnc1. The normalized spacial score (nSPS) is 13.8. The Kier molecular flexibility index (Phi) is 6.42. The van der Waals surface area contributed by atoms with Crippen LogP contribution in [0.25, 0.3) is 0 Å². The molecule has 108 valence electrons. The van der Waals surface area contributed by atoms with Crippen molar-refractivity contribution < 1.29 is 0 Å². The fraction of sp³-hybridized carbons (Fsp3) is 0.667. The van der Waals surface area contributed by atoms with Crippen LogP contribution in [-0.2, 0) is 0 Å². The molecule has 1 heterocycles. The van der Waals surface area contributed by atoms with Crippen LogP contribution in [0, 0.1) is 0 Å². The van der Waals surface area contributed by atoms with Gasteiger partial charge in [-0.15, -0.1) is 0 Å². The number of aromatic nitrogens is 1. The summed E-state index contributed by atoms with van der Waals surface area (Å²) in [5.74, 6) is 5.88. The van der Waals surface area contributed by atoms with Gasteiger partial charge in [-0.2, -0.15) is 0 Å². The highest BCUT2D eigenvalue weighted by atomic mass is 15.3. The van der Waals surface area contributed by atoms with Gasteiger partial charge < -0.3 is 0 Å². The molecule has 4 heteroatoms. The molecule has 4 nitrogen and oxygen atoms in total. The lowest BCUT2D eigenvalue weighted by atomic mass is 9.79. The summed E-state index contributed by atoms with van der Waals surface area (Å²) in [5.41, 5.74) is 4.21. The molecule has 1 rings (SSSR count). The molecule has 0 amide bonds. The summed E-state index contributed by atoms with van der Waals surface area (Å²) in [4.78, 5) is 6.74. The van der Waals surface area contributed by atoms with Crippen molar-refractivity contribution in [3.63, 3.8) is 0 Å². The van der Waals surface area contributed by atoms with E-state index < -0.39 is 0 Å². The van der Waals surface area contributed by atoms with Crippen LogP contribution in [0.15, 0.2) is 24.5 Å². The average Bonchev–Trinajstić information content (AvgIpc) is 2.48. The molecule has 0 aliphatic carbocycles. The summed E-state index contributed by atoms with van der Waals surface area (Å²) >= 11 is 0. The van der Waals surface area contributed by atoms with Crippen molar-refractivity contribution in [1.29, 1.82) is 0 Å². The summed E-state index contributed by atoms with van der Waals surface area (Å²) < 4.78 is 0. The van der Waals surface area contributed by atoms with Crippen molar-refractivity contribution in [2.45, 2.75) is 52.1 Å². The van der Waals surface area contributed by atoms with Crippen LogP contribution in [0.3, 0.4) is 0 Å². The number of nitrogens with one attached hydrogen (secondary N) is 1. The Balaban J connectivity index is 3.21. The molecule has 1 aromatic heterocycles. The number of likely N-dealkylation sites (N-methyl/N-ethyl adjacent to an activating group) is 1. The maximum Gasteiger partial charge on any atom is 0.0658 e. The molecule has 0 aromatic carbocycles. The first kappa shape index (κ1) is 16.1. The first-order valence-electron chi connectivity index (χ1n) is 7.31. The zero-order chi connectivity index (χ0) is 14.3. The Bertz CT molecular complexity index is 344. The fourth-order valence-electron chi connectivity index (χ4n) is 3.25. The highest BCUT2D eigenvalue weighted by Gasteiger charge is 2.40. The molecule has 3 N–H and O–H groups in total. The van der Waals surface area contributed by atoms with E-state index >= 15 is 0 Å². The Hall–Kier alpha value is -0.970. The molecule has 0 aliphatic rings. The first-order chi connectivity index (χ1) is 9.19. The summed E-state index contributed by atoms with van der Waals surface area (Å²) in [6.07, 6.45) is 5.81. The van der Waals surface area contributed by atoms with Crippen molar-refractivity contribution in [2.75, 3.05) is 13.1 Å². The van der Waals surface area contributed by atoms with E-state index in [-0.39, 0.29) is 11.6 Å². The van der Waals surface area contributed by atoms with E-state index in [4.69, 9.17) is 5.84 Å². The highest BCUT2D eigenvalue weighted by Crippen LogP contribution is 2.36. The van der Waals surface area contributed by atoms with Gasteiger partial charge in [0.25, 0.3) is 0 Å². The van der Waals surface area contributed by atoms with Gasteiger partial charge in [-0.25, -0.2) is 0 Å². The molecular formula is C15H28N4. The summed E-state index contributed by atoms with van der Waals surface area (Å²) in [7, 11) is 0. The number of rotatable bonds is 8. The van der Waals surface area contributed by atoms with Crippen molar-refractivity contribution in [3.8, 4) is 0 Å². The van der Waals surface area contributed by atoms with Crippen molar-refractivity contribution in [3.05, 3.63) is 30.1 Å². The van der Waals surface area contributed by atoms with Gasteiger partial charge in [0.1, 0.15) is 0 Å². The topological polar surface area (TPSA) is 54.2 Å². The zero-order valence-electron chi connectivity index (χ0n) is 12.7. The van der Waals surface area contributed by atoms with Crippen LogP contribution in [0.5, 0.6) is 0 Å². The Morgan fingerprint density at radius 2 is 1.89 bits per heavy atom. The van der Waals surface area contributed by atoms with E-state index in [0.29, 0.717) is 0 Å². The Morgan fingerprint density at radius 1 is 1.26 bits per heavy atom. The number of pyridine rings is 1. The third-order valence-electron chi connectivity index (χ3n) is 4.34. The average molecular weight is 264 g/mol. The second kappa shape index (κ2) is 7.58. The van der Waals surface area contributed by atoms with Gasteiger partial charge in [0.15, 0.2) is 0 Å². The van der Waals surface area contributed by atoms with E-state index in [2.05, 4.69) is 49.1 Å². The molecular weight excluding hydrogens is 236 g/mol. The lowest BCUT2D eigenvalue weighted by molar-refractivity contribution is 0.0486. The minimum Gasteiger partial charge on any atom is -0.296 e. The third kappa shape index (κ3) is 3.14. The largest absolute Gasteiger partial charge is 0.296 e. The van der Waals surface area contributed by atoms with Gasteiger partial charge in [-0.1, -0.05) is 33.8 Å². The van der Waals surface area contributed by atoms with Crippen LogP contribution < -0.4 is 11.3 Å². The summed E-state index contributed by atoms with van der Waals surface area (Å²) in [6, 6.07) is 4.16. The minimum atomic E-state index is 0.0291. The standard InChI is InChI=1S/C15H28N4/c1-5-15(6-2,19(7-3)8-4)14(18-16)13-10-9-11-17-12-13/h9-12,14,18H,5-8,16H2,1-4H3. The molecule has 0 bridgehead atoms. The van der Waals surface area contributed by atoms with Crippen molar-refractivity contribution in [2.24, 2.45) is 5.84 Å². The van der Waals surface area contributed by atoms with Crippen molar-refractivity contribution in [1.82, 2.24) is 15.3 Å². The molecule has 1 aromatic rings. The van der Waals surface area contributed by atoms with Gasteiger partial charge >= 0.3 is 0 Å². The van der Waals surface area contributed by atoms with E-state index in [9.17, 15) is 0 Å². The number of hydrogen-bond acceptors (Lipinski definition) is 4. The molecule has 19 heavy (non-hydrogen) atoms. The quantitative estimate of drug-likeness (QED) is 0.559. The second-order valence-corrected chi connectivity index (χ2v) is 4.87. The zero-order valence-corrected chi connectivity index (χ0v) is 12.7. The minimum absolute atomic E-state index is 0.0291. The van der Waals surface area contributed by atoms with Crippen molar-refractivity contribution >= 4 is 0 Å². The van der Waals surface area contributed by atoms with Crippen LogP contribution in [0.4, 0.5) is 0 Å². The Labute approximate surface area is 117 Å². The number of nitrogens with zero attached hydrogens (tertiary/aromatic N) is 2. The van der Waals surface area contributed by atoms with Gasteiger partial charge in [0.05, 0.1) is 6.04 Å². The van der Waals surface area contributed by atoms with Gasteiger partial charge in [-0.05, 0) is 37.6 Å². The second-order valence-electron chi connectivity index (χ2n) is 4.87. The maximum atomic E-state index is 5.88. The molecule has 0 saturated carbocycles. The third-order valence-corrected chi connectivity index (χ3v) is 4.34. The first-order valence-corrected chi connectivity index (χ1v) is 7.31. The van der Waals surface area contributed by atoms with Crippen LogP contribution >= 0.6 is 0 Å². The Morgan fingerprint density at radius 3 is 2.26 bits per heavy atom. The monoisotopic (exact) mass is 264 g/mol. The van der Waals surface area contributed by atoms with Crippen LogP contribution in [0.1, 0.15) is 52.1 Å². The van der Waals surface area contributed by atoms with E-state index in [0.717, 1.165) is 31.5 Å². The van der Waals surface area contributed by atoms with Crippen LogP contribution in [-0.4, -0.2) is 28.5 Å². The maximum absolute atomic E-state index is 5.88. The molecule has 0 radical (unpaired) electrons. The molecule has 0 fully saturated rings. The van der Waals surface area contributed by atoms with Crippen LogP contribution in [0.2, 0.25) is 0 Å². The predicted molar refractivity (Wildman–Crippen MR) is 80.5 cm³/mol. The molecule has 0 aliphatic heterocycles. The lowest BCUT2D eigenvalue weighted by Crippen LogP contribution is -2.57. The smallest absolute Gasteiger partial charge is 0.0658 e. The molecule has 0 saturated heterocycles. The molecule has 1 unspecified atom stereocenters. The van der Waals surface area contributed by atoms with E-state index in [1.165, 1.54) is 0 Å². The molecule has 0 spiro atoms. The fourth-order valence-corrected chi connectivity index (χ4v) is 3.25. The number of nitrogens with two attached hydrogens (primary N) is 1. The van der Waals surface area contributed by atoms with E-state index in [1.54, 1.807) is 6.20 Å². The predicted octanol–water partition coefficient (Wildman–Crippen LogP) is 2.49. The van der Waals surface area contributed by atoms with Gasteiger partial charge in [-0.3, -0.25) is 21.2 Å².